The smallest absolute Gasteiger partial charge is 0.352 e. The molecule has 0 radical (unpaired) electrons. The van der Waals surface area contributed by atoms with Crippen molar-refractivity contribution in [1.82, 2.24) is 13.9 Å². The maximum Gasteiger partial charge on any atom is 0.352 e. The predicted molar refractivity (Wildman–Crippen MR) is 103 cm³/mol. The van der Waals surface area contributed by atoms with Crippen LogP contribution in [0.1, 0.15) is 31.5 Å². The van der Waals surface area contributed by atoms with Crippen LogP contribution in [0.4, 0.5) is 0 Å². The van der Waals surface area contributed by atoms with Gasteiger partial charge in [-0.05, 0) is 37.1 Å². The van der Waals surface area contributed by atoms with E-state index in [-0.39, 0.29) is 0 Å². The highest BCUT2D eigenvalue weighted by Gasteiger charge is 2.34. The van der Waals surface area contributed by atoms with Crippen molar-refractivity contribution in [3.05, 3.63) is 98.8 Å². The number of fused-ring (bicyclic) bond motifs is 1. The first kappa shape index (κ1) is 17.3. The summed E-state index contributed by atoms with van der Waals surface area (Å²) in [5, 5.41) is 10.3. The molecule has 138 valence electrons. The average molecular weight is 363 g/mol. The Hall–Kier alpha value is -3.12. The molecule has 6 nitrogen and oxygen atoms in total. The first-order valence-corrected chi connectivity index (χ1v) is 8.93. The van der Waals surface area contributed by atoms with Crippen molar-refractivity contribution in [3.63, 3.8) is 0 Å². The second kappa shape index (κ2) is 6.55. The zero-order chi connectivity index (χ0) is 19.1. The predicted octanol–water partition coefficient (Wildman–Crippen LogP) is 2.27. The lowest BCUT2D eigenvalue weighted by Gasteiger charge is -2.32. The van der Waals surface area contributed by atoms with Gasteiger partial charge in [0.25, 0.3) is 0 Å². The Kier molecular flexibility index (Phi) is 4.20. The quantitative estimate of drug-likeness (QED) is 0.726. The molecule has 0 spiro atoms. The van der Waals surface area contributed by atoms with E-state index in [2.05, 4.69) is 0 Å². The molecular formula is C21H21N3O3. The third kappa shape index (κ3) is 2.69. The summed E-state index contributed by atoms with van der Waals surface area (Å²) >= 11 is 0. The van der Waals surface area contributed by atoms with Crippen LogP contribution in [0.15, 0.2) is 81.9 Å². The summed E-state index contributed by atoms with van der Waals surface area (Å²) in [5.74, 6) is 0. The number of allylic oxidation sites excluding steroid dienone is 1. The zero-order valence-electron chi connectivity index (χ0n) is 15.2. The van der Waals surface area contributed by atoms with Crippen molar-refractivity contribution < 1.29 is 5.11 Å². The Labute approximate surface area is 156 Å². The number of aliphatic hydroxyl groups is 1. The molecule has 0 saturated heterocycles. The van der Waals surface area contributed by atoms with Crippen LogP contribution in [-0.4, -0.2) is 25.1 Å². The molecule has 0 saturated carbocycles. The Morgan fingerprint density at radius 3 is 2.04 bits per heavy atom. The SMILES string of the molecule is CC1=C[C@@H](c2ccccc2)n2c(=O)n(-c3ccccc3)c(=O)n2[C@H]1[C@@H](C)O. The van der Waals surface area contributed by atoms with Gasteiger partial charge in [0, 0.05) is 0 Å². The molecule has 2 heterocycles. The molecule has 3 atom stereocenters. The van der Waals surface area contributed by atoms with E-state index in [0.717, 1.165) is 15.7 Å². The number of nitrogens with zero attached hydrogens (tertiary/aromatic N) is 3. The summed E-state index contributed by atoms with van der Waals surface area (Å²) in [7, 11) is 0. The van der Waals surface area contributed by atoms with Crippen LogP contribution in [0.25, 0.3) is 5.69 Å². The highest BCUT2D eigenvalue weighted by Crippen LogP contribution is 2.31. The molecule has 1 aliphatic heterocycles. The summed E-state index contributed by atoms with van der Waals surface area (Å²) in [5.41, 5.74) is 1.39. The Morgan fingerprint density at radius 2 is 1.44 bits per heavy atom. The maximum absolute atomic E-state index is 13.3. The van der Waals surface area contributed by atoms with Crippen LogP contribution in [0.5, 0.6) is 0 Å². The van der Waals surface area contributed by atoms with Crippen molar-refractivity contribution >= 4 is 0 Å². The van der Waals surface area contributed by atoms with Gasteiger partial charge >= 0.3 is 11.4 Å². The topological polar surface area (TPSA) is 69.2 Å². The van der Waals surface area contributed by atoms with Gasteiger partial charge in [0.15, 0.2) is 0 Å². The number of aromatic nitrogens is 3. The van der Waals surface area contributed by atoms with E-state index in [0.29, 0.717) is 5.69 Å². The third-order valence-corrected chi connectivity index (χ3v) is 5.03. The van der Waals surface area contributed by atoms with Crippen molar-refractivity contribution in [3.8, 4) is 5.69 Å². The van der Waals surface area contributed by atoms with Gasteiger partial charge in [0.05, 0.1) is 17.8 Å². The molecule has 0 aliphatic carbocycles. The largest absolute Gasteiger partial charge is 0.391 e. The number of rotatable bonds is 3. The molecular weight excluding hydrogens is 342 g/mol. The van der Waals surface area contributed by atoms with Gasteiger partial charge in [-0.1, -0.05) is 54.6 Å². The molecule has 0 fully saturated rings. The van der Waals surface area contributed by atoms with Crippen LogP contribution >= 0.6 is 0 Å². The fourth-order valence-electron chi connectivity index (χ4n) is 3.86. The fraction of sp³-hybridized carbons (Fsp3) is 0.238. The van der Waals surface area contributed by atoms with Gasteiger partial charge in [-0.15, -0.1) is 0 Å². The lowest BCUT2D eigenvalue weighted by atomic mass is 9.96. The van der Waals surface area contributed by atoms with E-state index in [1.54, 1.807) is 31.2 Å². The Bertz CT molecular complexity index is 1110. The minimum atomic E-state index is -0.812. The van der Waals surface area contributed by atoms with Crippen LogP contribution < -0.4 is 11.4 Å². The zero-order valence-corrected chi connectivity index (χ0v) is 15.2. The molecule has 1 aromatic heterocycles. The van der Waals surface area contributed by atoms with Crippen LogP contribution in [-0.2, 0) is 0 Å². The van der Waals surface area contributed by atoms with Crippen LogP contribution in [0.3, 0.4) is 0 Å². The molecule has 27 heavy (non-hydrogen) atoms. The van der Waals surface area contributed by atoms with E-state index in [1.165, 1.54) is 9.36 Å². The van der Waals surface area contributed by atoms with Crippen LogP contribution in [0.2, 0.25) is 0 Å². The molecule has 0 amide bonds. The van der Waals surface area contributed by atoms with Gasteiger partial charge in [0.1, 0.15) is 6.04 Å². The lowest BCUT2D eigenvalue weighted by Crippen LogP contribution is -2.41. The summed E-state index contributed by atoms with van der Waals surface area (Å²) in [6.07, 6.45) is 1.14. The van der Waals surface area contributed by atoms with Gasteiger partial charge in [0.2, 0.25) is 0 Å². The van der Waals surface area contributed by atoms with Crippen molar-refractivity contribution in [2.75, 3.05) is 0 Å². The molecule has 6 heteroatoms. The number of hydrogen-bond donors (Lipinski definition) is 1. The number of hydrogen-bond acceptors (Lipinski definition) is 3. The summed E-state index contributed by atoms with van der Waals surface area (Å²) in [6.45, 7) is 3.51. The summed E-state index contributed by atoms with van der Waals surface area (Å²) in [6, 6.07) is 17.4. The number of aliphatic hydroxyl groups excluding tert-OH is 1. The Morgan fingerprint density at radius 1 is 0.889 bits per heavy atom. The third-order valence-electron chi connectivity index (χ3n) is 5.03. The number of benzene rings is 2. The first-order valence-electron chi connectivity index (χ1n) is 8.93. The second-order valence-electron chi connectivity index (χ2n) is 6.88. The monoisotopic (exact) mass is 363 g/mol. The van der Waals surface area contributed by atoms with E-state index >= 15 is 0 Å². The van der Waals surface area contributed by atoms with Crippen molar-refractivity contribution in [2.24, 2.45) is 0 Å². The van der Waals surface area contributed by atoms with Crippen molar-refractivity contribution in [2.45, 2.75) is 32.0 Å². The number of para-hydroxylation sites is 1. The lowest BCUT2D eigenvalue weighted by molar-refractivity contribution is 0.123. The standard InChI is InChI=1S/C21H21N3O3/c1-14-13-18(16-9-5-3-6-10-16)23-20(26)22(17-11-7-4-8-12-17)21(27)24(23)19(14)15(2)25/h3-13,15,18-19,25H,1-2H3/t15-,18+,19-/m1/s1. The molecule has 2 aromatic carbocycles. The van der Waals surface area contributed by atoms with E-state index in [1.807, 2.05) is 49.4 Å². The Balaban J connectivity index is 2.04. The van der Waals surface area contributed by atoms with E-state index < -0.39 is 29.6 Å². The molecule has 1 N–H and O–H groups in total. The highest BCUT2D eigenvalue weighted by atomic mass is 16.3. The van der Waals surface area contributed by atoms with Gasteiger partial charge in [-0.2, -0.15) is 0 Å². The average Bonchev–Trinajstić information content (AvgIpc) is 2.93. The van der Waals surface area contributed by atoms with Crippen LogP contribution in [0, 0.1) is 0 Å². The molecule has 3 aromatic rings. The molecule has 0 bridgehead atoms. The minimum absolute atomic E-state index is 0.411. The van der Waals surface area contributed by atoms with Gasteiger partial charge in [-0.25, -0.2) is 23.5 Å². The minimum Gasteiger partial charge on any atom is -0.391 e. The fourth-order valence-corrected chi connectivity index (χ4v) is 3.86. The second-order valence-corrected chi connectivity index (χ2v) is 6.88. The summed E-state index contributed by atoms with van der Waals surface area (Å²) < 4.78 is 4.01. The van der Waals surface area contributed by atoms with Gasteiger partial charge < -0.3 is 5.11 Å². The molecule has 4 rings (SSSR count). The van der Waals surface area contributed by atoms with E-state index in [4.69, 9.17) is 0 Å². The maximum atomic E-state index is 13.3. The highest BCUT2D eigenvalue weighted by molar-refractivity contribution is 5.33. The first-order chi connectivity index (χ1) is 13.0. The normalized spacial score (nSPS) is 20.0. The van der Waals surface area contributed by atoms with Gasteiger partial charge in [-0.3, -0.25) is 0 Å². The summed E-state index contributed by atoms with van der Waals surface area (Å²) in [4.78, 5) is 26.5. The molecule has 0 unspecified atom stereocenters. The van der Waals surface area contributed by atoms with E-state index in [9.17, 15) is 14.7 Å². The van der Waals surface area contributed by atoms with Crippen molar-refractivity contribution in [1.29, 1.82) is 0 Å². The molecule has 1 aliphatic rings.